The van der Waals surface area contributed by atoms with E-state index >= 15 is 0 Å². The van der Waals surface area contributed by atoms with Crippen molar-refractivity contribution in [2.45, 2.75) is 58.5 Å². The summed E-state index contributed by atoms with van der Waals surface area (Å²) in [4.78, 5) is 0. The van der Waals surface area contributed by atoms with E-state index in [1.54, 1.807) is 12.1 Å². The van der Waals surface area contributed by atoms with E-state index in [-0.39, 0.29) is 5.82 Å². The van der Waals surface area contributed by atoms with Crippen molar-refractivity contribution in [1.82, 2.24) is 0 Å². The number of benzene rings is 1. The van der Waals surface area contributed by atoms with E-state index < -0.39 is 5.60 Å². The second-order valence-electron chi connectivity index (χ2n) is 5.34. The van der Waals surface area contributed by atoms with Crippen molar-refractivity contribution in [2.24, 2.45) is 5.92 Å². The maximum Gasteiger partial charge on any atom is 0.123 e. The minimum Gasteiger partial charge on any atom is -0.385 e. The molecule has 0 fully saturated rings. The molecule has 18 heavy (non-hydrogen) atoms. The fourth-order valence-electron chi connectivity index (χ4n) is 2.28. The highest BCUT2D eigenvalue weighted by molar-refractivity contribution is 5.23. The molecule has 1 N–H and O–H groups in total. The zero-order valence-corrected chi connectivity index (χ0v) is 11.7. The Morgan fingerprint density at radius 3 is 2.28 bits per heavy atom. The second-order valence-corrected chi connectivity index (χ2v) is 5.34. The van der Waals surface area contributed by atoms with Gasteiger partial charge in [-0.3, -0.25) is 0 Å². The van der Waals surface area contributed by atoms with Crippen LogP contribution in [-0.4, -0.2) is 5.11 Å². The van der Waals surface area contributed by atoms with Crippen molar-refractivity contribution in [3.05, 3.63) is 35.6 Å². The van der Waals surface area contributed by atoms with E-state index in [1.807, 2.05) is 0 Å². The molecular weight excluding hydrogens is 227 g/mol. The zero-order valence-electron chi connectivity index (χ0n) is 11.7. The molecule has 0 aliphatic rings. The number of aliphatic hydroxyl groups is 1. The minimum atomic E-state index is -0.800. The first kappa shape index (κ1) is 15.2. The molecule has 0 amide bonds. The largest absolute Gasteiger partial charge is 0.385 e. The highest BCUT2D eigenvalue weighted by atomic mass is 19.1. The predicted molar refractivity (Wildman–Crippen MR) is 73.9 cm³/mol. The molecule has 1 aromatic rings. The maximum atomic E-state index is 12.9. The third kappa shape index (κ3) is 4.09. The highest BCUT2D eigenvalue weighted by Crippen LogP contribution is 2.33. The Morgan fingerprint density at radius 1 is 1.17 bits per heavy atom. The molecule has 0 bridgehead atoms. The molecule has 1 rings (SSSR count). The maximum absolute atomic E-state index is 12.9. The Balaban J connectivity index is 2.81. The van der Waals surface area contributed by atoms with Gasteiger partial charge in [0.15, 0.2) is 0 Å². The van der Waals surface area contributed by atoms with Crippen LogP contribution >= 0.6 is 0 Å². The third-order valence-electron chi connectivity index (χ3n) is 3.79. The van der Waals surface area contributed by atoms with Crippen molar-refractivity contribution in [2.75, 3.05) is 0 Å². The first-order valence-corrected chi connectivity index (χ1v) is 7.00. The normalized spacial score (nSPS) is 16.3. The monoisotopic (exact) mass is 252 g/mol. The SMILES string of the molecule is CCCC(O)(CCC(C)CC)c1ccc(F)cc1. The van der Waals surface area contributed by atoms with Gasteiger partial charge in [0.1, 0.15) is 5.82 Å². The van der Waals surface area contributed by atoms with Crippen LogP contribution in [0.5, 0.6) is 0 Å². The van der Waals surface area contributed by atoms with Gasteiger partial charge < -0.3 is 5.11 Å². The van der Waals surface area contributed by atoms with Crippen LogP contribution in [0.2, 0.25) is 0 Å². The van der Waals surface area contributed by atoms with Gasteiger partial charge in [-0.15, -0.1) is 0 Å². The fourth-order valence-corrected chi connectivity index (χ4v) is 2.28. The summed E-state index contributed by atoms with van der Waals surface area (Å²) in [7, 11) is 0. The van der Waals surface area contributed by atoms with Crippen LogP contribution < -0.4 is 0 Å². The smallest absolute Gasteiger partial charge is 0.123 e. The summed E-state index contributed by atoms with van der Waals surface area (Å²) in [5.74, 6) is 0.369. The average molecular weight is 252 g/mol. The van der Waals surface area contributed by atoms with Crippen LogP contribution in [0.1, 0.15) is 58.4 Å². The van der Waals surface area contributed by atoms with Crippen LogP contribution in [0.25, 0.3) is 0 Å². The summed E-state index contributed by atoms with van der Waals surface area (Å²) in [6.45, 7) is 6.44. The molecule has 0 saturated carbocycles. The number of hydrogen-bond donors (Lipinski definition) is 1. The van der Waals surface area contributed by atoms with Gasteiger partial charge in [0.2, 0.25) is 0 Å². The Hall–Kier alpha value is -0.890. The standard InChI is InChI=1S/C16H25FO/c1-4-11-16(18,12-10-13(3)5-2)14-6-8-15(17)9-7-14/h6-9,13,18H,4-5,10-12H2,1-3H3. The predicted octanol–water partition coefficient (Wildman–Crippen LogP) is 4.64. The van der Waals surface area contributed by atoms with E-state index in [9.17, 15) is 9.50 Å². The van der Waals surface area contributed by atoms with E-state index in [0.717, 1.165) is 37.7 Å². The Morgan fingerprint density at radius 2 is 1.78 bits per heavy atom. The van der Waals surface area contributed by atoms with E-state index in [1.165, 1.54) is 12.1 Å². The lowest BCUT2D eigenvalue weighted by molar-refractivity contribution is 0.0119. The van der Waals surface area contributed by atoms with Gasteiger partial charge in [0.05, 0.1) is 5.60 Å². The summed E-state index contributed by atoms with van der Waals surface area (Å²) < 4.78 is 12.9. The molecule has 0 radical (unpaired) electrons. The minimum absolute atomic E-state index is 0.250. The summed E-state index contributed by atoms with van der Waals surface area (Å²) in [5, 5.41) is 10.8. The Bertz CT molecular complexity index is 347. The van der Waals surface area contributed by atoms with Crippen LogP contribution in [0.15, 0.2) is 24.3 Å². The Kier molecular flexibility index (Phi) is 5.80. The quantitative estimate of drug-likeness (QED) is 0.749. The van der Waals surface area contributed by atoms with E-state index in [2.05, 4.69) is 20.8 Å². The molecule has 0 spiro atoms. The molecular formula is C16H25FO. The molecule has 2 unspecified atom stereocenters. The highest BCUT2D eigenvalue weighted by Gasteiger charge is 2.28. The van der Waals surface area contributed by atoms with E-state index in [0.29, 0.717) is 5.92 Å². The summed E-state index contributed by atoms with van der Waals surface area (Å²) in [6.07, 6.45) is 4.54. The lowest BCUT2D eigenvalue weighted by Gasteiger charge is -2.29. The van der Waals surface area contributed by atoms with Gasteiger partial charge in [-0.2, -0.15) is 0 Å². The molecule has 1 nitrogen and oxygen atoms in total. The lowest BCUT2D eigenvalue weighted by atomic mass is 9.83. The van der Waals surface area contributed by atoms with Crippen LogP contribution in [0, 0.1) is 11.7 Å². The van der Waals surface area contributed by atoms with Crippen molar-refractivity contribution in [1.29, 1.82) is 0 Å². The first-order chi connectivity index (χ1) is 8.51. The molecule has 0 aliphatic heterocycles. The molecule has 2 atom stereocenters. The van der Waals surface area contributed by atoms with Crippen LogP contribution in [0.4, 0.5) is 4.39 Å². The molecule has 0 aromatic heterocycles. The molecule has 102 valence electrons. The van der Waals surface area contributed by atoms with Crippen molar-refractivity contribution < 1.29 is 9.50 Å². The number of hydrogen-bond acceptors (Lipinski definition) is 1. The molecule has 0 heterocycles. The molecule has 1 aromatic carbocycles. The summed E-state index contributed by atoms with van der Waals surface area (Å²) in [5.41, 5.74) is 0.0420. The van der Waals surface area contributed by atoms with Gasteiger partial charge in [-0.05, 0) is 42.9 Å². The van der Waals surface area contributed by atoms with Gasteiger partial charge in [0.25, 0.3) is 0 Å². The number of halogens is 1. The fraction of sp³-hybridized carbons (Fsp3) is 0.625. The van der Waals surface area contributed by atoms with Crippen molar-refractivity contribution in [3.8, 4) is 0 Å². The van der Waals surface area contributed by atoms with Crippen molar-refractivity contribution in [3.63, 3.8) is 0 Å². The molecule has 0 aliphatic carbocycles. The van der Waals surface area contributed by atoms with Crippen molar-refractivity contribution >= 4 is 0 Å². The molecule has 0 saturated heterocycles. The topological polar surface area (TPSA) is 20.2 Å². The van der Waals surface area contributed by atoms with Gasteiger partial charge in [-0.1, -0.05) is 45.7 Å². The Labute approximate surface area is 110 Å². The summed E-state index contributed by atoms with van der Waals surface area (Å²) in [6, 6.07) is 6.28. The van der Waals surface area contributed by atoms with Gasteiger partial charge in [-0.25, -0.2) is 4.39 Å². The zero-order chi connectivity index (χ0) is 13.6. The molecule has 2 heteroatoms. The number of rotatable bonds is 7. The summed E-state index contributed by atoms with van der Waals surface area (Å²) >= 11 is 0. The average Bonchev–Trinajstić information content (AvgIpc) is 2.37. The third-order valence-corrected chi connectivity index (χ3v) is 3.79. The van der Waals surface area contributed by atoms with Gasteiger partial charge in [0, 0.05) is 0 Å². The van der Waals surface area contributed by atoms with Crippen LogP contribution in [-0.2, 0) is 5.60 Å². The lowest BCUT2D eigenvalue weighted by Crippen LogP contribution is -2.26. The van der Waals surface area contributed by atoms with Crippen LogP contribution in [0.3, 0.4) is 0 Å². The first-order valence-electron chi connectivity index (χ1n) is 7.00. The second kappa shape index (κ2) is 6.89. The van der Waals surface area contributed by atoms with Gasteiger partial charge >= 0.3 is 0 Å². The van der Waals surface area contributed by atoms with E-state index in [4.69, 9.17) is 0 Å².